The summed E-state index contributed by atoms with van der Waals surface area (Å²) in [6.07, 6.45) is 0. The maximum absolute atomic E-state index is 5.19. The van der Waals surface area contributed by atoms with Gasteiger partial charge in [-0.15, -0.1) is 0 Å². The van der Waals surface area contributed by atoms with Crippen molar-refractivity contribution in [1.82, 2.24) is 4.98 Å². The molecule has 0 aliphatic heterocycles. The molecule has 0 saturated carbocycles. The Morgan fingerprint density at radius 3 is 2.45 bits per heavy atom. The smallest absolute Gasteiger partial charge is 0.155 e. The molecule has 3 N–H and O–H groups in total. The van der Waals surface area contributed by atoms with E-state index in [1.54, 1.807) is 0 Å². The number of pyridine rings is 1. The summed E-state index contributed by atoms with van der Waals surface area (Å²) in [6.45, 7) is 0. The normalized spacial score (nSPS) is 9.82. The fraction of sp³-hybridized carbons (Fsp3) is 0. The van der Waals surface area contributed by atoms with Gasteiger partial charge in [0.15, 0.2) is 5.82 Å². The average Bonchev–Trinajstić information content (AvgIpc) is 1.97. The molecule has 0 bridgehead atoms. The van der Waals surface area contributed by atoms with Crippen molar-refractivity contribution in [3.05, 3.63) is 19.6 Å². The summed E-state index contributed by atoms with van der Waals surface area (Å²) in [6, 6.07) is 1.85. The van der Waals surface area contributed by atoms with Gasteiger partial charge < -0.3 is 5.43 Å². The number of anilines is 1. The molecule has 1 aromatic rings. The van der Waals surface area contributed by atoms with Gasteiger partial charge in [-0.2, -0.15) is 0 Å². The minimum Gasteiger partial charge on any atom is -0.307 e. The Balaban J connectivity index is 3.21. The van der Waals surface area contributed by atoms with Gasteiger partial charge in [-0.3, -0.25) is 0 Å². The number of nitrogens with one attached hydrogen (secondary N) is 1. The van der Waals surface area contributed by atoms with Crippen LogP contribution in [-0.2, 0) is 0 Å². The van der Waals surface area contributed by atoms with Crippen LogP contribution >= 0.6 is 47.8 Å². The summed E-state index contributed by atoms with van der Waals surface area (Å²) in [7, 11) is 0. The fourth-order valence-electron chi connectivity index (χ4n) is 0.545. The predicted octanol–water partition coefficient (Wildman–Crippen LogP) is 2.65. The maximum atomic E-state index is 5.19. The van der Waals surface area contributed by atoms with Gasteiger partial charge in [-0.25, -0.2) is 10.8 Å². The van der Waals surface area contributed by atoms with E-state index in [1.807, 2.05) is 6.07 Å². The molecule has 0 fully saturated rings. The van der Waals surface area contributed by atoms with E-state index < -0.39 is 0 Å². The zero-order valence-corrected chi connectivity index (χ0v) is 9.99. The van der Waals surface area contributed by atoms with Crippen molar-refractivity contribution >= 4 is 53.6 Å². The van der Waals surface area contributed by atoms with Crippen molar-refractivity contribution in [3.63, 3.8) is 0 Å². The third-order valence-corrected chi connectivity index (χ3v) is 3.37. The van der Waals surface area contributed by atoms with Crippen LogP contribution in [0.25, 0.3) is 0 Å². The Morgan fingerprint density at radius 2 is 1.91 bits per heavy atom. The molecule has 0 atom stereocenters. The number of nitrogens with zero attached hydrogens (tertiary/aromatic N) is 1. The average molecular weight is 346 g/mol. The van der Waals surface area contributed by atoms with Gasteiger partial charge in [0.25, 0.3) is 0 Å². The molecule has 1 aromatic heterocycles. The van der Waals surface area contributed by atoms with E-state index in [2.05, 4.69) is 58.2 Å². The minimum absolute atomic E-state index is 0.597. The Hall–Kier alpha value is 0.350. The Kier molecular flexibility index (Phi) is 3.29. The van der Waals surface area contributed by atoms with Crippen molar-refractivity contribution in [2.45, 2.75) is 0 Å². The van der Waals surface area contributed by atoms with Crippen molar-refractivity contribution in [3.8, 4) is 0 Å². The number of halogens is 3. The van der Waals surface area contributed by atoms with Gasteiger partial charge >= 0.3 is 0 Å². The van der Waals surface area contributed by atoms with E-state index in [0.717, 1.165) is 8.95 Å². The van der Waals surface area contributed by atoms with Crippen molar-refractivity contribution in [2.24, 2.45) is 5.84 Å². The fourth-order valence-corrected chi connectivity index (χ4v) is 1.89. The second-order valence-electron chi connectivity index (χ2n) is 1.74. The van der Waals surface area contributed by atoms with Crippen LogP contribution in [0.2, 0.25) is 0 Å². The lowest BCUT2D eigenvalue weighted by Crippen LogP contribution is -2.09. The molecule has 0 spiro atoms. The van der Waals surface area contributed by atoms with Gasteiger partial charge in [-0.05, 0) is 53.9 Å². The number of nitrogens with two attached hydrogens (primary N) is 1. The van der Waals surface area contributed by atoms with Crippen LogP contribution in [0.4, 0.5) is 5.82 Å². The van der Waals surface area contributed by atoms with Gasteiger partial charge in [0.2, 0.25) is 0 Å². The second-order valence-corrected chi connectivity index (χ2v) is 4.20. The number of hydrogen-bond donors (Lipinski definition) is 2. The molecular weight excluding hydrogens is 342 g/mol. The molecule has 0 aromatic carbocycles. The topological polar surface area (TPSA) is 50.9 Å². The molecule has 0 aliphatic rings. The van der Waals surface area contributed by atoms with Crippen LogP contribution < -0.4 is 11.3 Å². The highest BCUT2D eigenvalue weighted by Gasteiger charge is 2.04. The minimum atomic E-state index is 0.597. The lowest BCUT2D eigenvalue weighted by molar-refractivity contribution is 1.18. The summed E-state index contributed by atoms with van der Waals surface area (Å²) in [4.78, 5) is 4.08. The first-order valence-corrected chi connectivity index (χ1v) is 5.01. The van der Waals surface area contributed by atoms with Crippen LogP contribution in [0, 0.1) is 0 Å². The molecule has 0 unspecified atom stereocenters. The van der Waals surface area contributed by atoms with Crippen LogP contribution in [-0.4, -0.2) is 4.98 Å². The van der Waals surface area contributed by atoms with E-state index in [4.69, 9.17) is 5.84 Å². The van der Waals surface area contributed by atoms with Crippen molar-refractivity contribution < 1.29 is 0 Å². The quantitative estimate of drug-likeness (QED) is 0.467. The summed E-state index contributed by atoms with van der Waals surface area (Å²) in [5, 5.41) is 0. The summed E-state index contributed by atoms with van der Waals surface area (Å²) >= 11 is 9.83. The van der Waals surface area contributed by atoms with E-state index in [9.17, 15) is 0 Å². The summed E-state index contributed by atoms with van der Waals surface area (Å²) in [5.74, 6) is 5.79. The zero-order chi connectivity index (χ0) is 8.43. The molecule has 6 heteroatoms. The Labute approximate surface area is 89.1 Å². The second kappa shape index (κ2) is 3.84. The molecule has 0 aliphatic carbocycles. The molecule has 60 valence electrons. The first-order valence-electron chi connectivity index (χ1n) is 2.63. The number of hydrogen-bond acceptors (Lipinski definition) is 3. The highest BCUT2D eigenvalue weighted by molar-refractivity contribution is 9.13. The van der Waals surface area contributed by atoms with Crippen molar-refractivity contribution in [2.75, 3.05) is 5.43 Å². The summed E-state index contributed by atoms with van der Waals surface area (Å²) < 4.78 is 2.41. The SMILES string of the molecule is NNc1nc(Br)c(Br)cc1Br. The van der Waals surface area contributed by atoms with E-state index >= 15 is 0 Å². The molecule has 0 amide bonds. The van der Waals surface area contributed by atoms with E-state index in [1.165, 1.54) is 0 Å². The highest BCUT2D eigenvalue weighted by atomic mass is 79.9. The van der Waals surface area contributed by atoms with Gasteiger partial charge in [-0.1, -0.05) is 0 Å². The molecular formula is C5H4Br3N3. The molecule has 0 saturated heterocycles. The molecule has 1 heterocycles. The first kappa shape index (κ1) is 9.44. The molecule has 3 nitrogen and oxygen atoms in total. The Bertz CT molecular complexity index is 276. The number of rotatable bonds is 1. The summed E-state index contributed by atoms with van der Waals surface area (Å²) in [5.41, 5.74) is 2.45. The van der Waals surface area contributed by atoms with Crippen LogP contribution in [0.1, 0.15) is 0 Å². The highest BCUT2D eigenvalue weighted by Crippen LogP contribution is 2.28. The van der Waals surface area contributed by atoms with Crippen LogP contribution in [0.3, 0.4) is 0 Å². The zero-order valence-electron chi connectivity index (χ0n) is 5.24. The van der Waals surface area contributed by atoms with Crippen LogP contribution in [0.5, 0.6) is 0 Å². The van der Waals surface area contributed by atoms with E-state index in [0.29, 0.717) is 10.4 Å². The molecule has 1 rings (SSSR count). The lowest BCUT2D eigenvalue weighted by atomic mass is 10.5. The molecule has 11 heavy (non-hydrogen) atoms. The van der Waals surface area contributed by atoms with Crippen LogP contribution in [0.15, 0.2) is 19.6 Å². The lowest BCUT2D eigenvalue weighted by Gasteiger charge is -2.03. The monoisotopic (exact) mass is 343 g/mol. The van der Waals surface area contributed by atoms with Gasteiger partial charge in [0.1, 0.15) is 4.60 Å². The largest absolute Gasteiger partial charge is 0.307 e. The van der Waals surface area contributed by atoms with Crippen molar-refractivity contribution in [1.29, 1.82) is 0 Å². The third kappa shape index (κ3) is 2.14. The van der Waals surface area contributed by atoms with Gasteiger partial charge in [0, 0.05) is 0 Å². The third-order valence-electron chi connectivity index (χ3n) is 1.02. The molecule has 0 radical (unpaired) electrons. The standard InChI is InChI=1S/C5H4Br3N3/c6-2-1-3(7)5(11-9)10-4(2)8/h1H,9H2,(H,10,11). The van der Waals surface area contributed by atoms with Gasteiger partial charge in [0.05, 0.1) is 8.95 Å². The predicted molar refractivity (Wildman–Crippen MR) is 55.1 cm³/mol. The van der Waals surface area contributed by atoms with E-state index in [-0.39, 0.29) is 0 Å². The first-order chi connectivity index (χ1) is 5.15. The number of nitrogen functional groups attached to an aromatic ring is 1. The number of aromatic nitrogens is 1. The maximum Gasteiger partial charge on any atom is 0.155 e. The Morgan fingerprint density at radius 1 is 1.27 bits per heavy atom. The number of hydrazine groups is 1.